The largest absolute Gasteiger partial charge is 0.377 e. The molecular weight excluding hydrogens is 284 g/mol. The van der Waals surface area contributed by atoms with Crippen LogP contribution in [0.15, 0.2) is 48.7 Å². The molecule has 2 aromatic rings. The molecular formula is C19H26N4. The number of nitrogens with one attached hydrogen (secondary N) is 1. The predicted octanol–water partition coefficient (Wildman–Crippen LogP) is 3.40. The summed E-state index contributed by atoms with van der Waals surface area (Å²) in [6.45, 7) is 10.0. The van der Waals surface area contributed by atoms with E-state index in [0.29, 0.717) is 0 Å². The standard InChI is InChI=1S/C19H26N4/c1-3-22-11-13-23(14-12-22)18-8-6-7-17(15-18)21-16(2)19-9-4-5-10-20-19/h4-10,15-16,21H,3,11-14H2,1-2H3/t16-/m0/s1. The fourth-order valence-electron chi connectivity index (χ4n) is 3.07. The quantitative estimate of drug-likeness (QED) is 0.917. The van der Waals surface area contributed by atoms with E-state index in [9.17, 15) is 0 Å². The number of hydrogen-bond acceptors (Lipinski definition) is 4. The van der Waals surface area contributed by atoms with E-state index < -0.39 is 0 Å². The zero-order chi connectivity index (χ0) is 16.1. The van der Waals surface area contributed by atoms with Crippen LogP contribution in [0.3, 0.4) is 0 Å². The second kappa shape index (κ2) is 7.47. The Morgan fingerprint density at radius 1 is 1.09 bits per heavy atom. The summed E-state index contributed by atoms with van der Waals surface area (Å²) in [5.41, 5.74) is 3.52. The van der Waals surface area contributed by atoms with Crippen LogP contribution in [0.2, 0.25) is 0 Å². The van der Waals surface area contributed by atoms with Crippen LogP contribution >= 0.6 is 0 Å². The van der Waals surface area contributed by atoms with Gasteiger partial charge in [-0.1, -0.05) is 19.1 Å². The lowest BCUT2D eigenvalue weighted by Crippen LogP contribution is -2.46. The van der Waals surface area contributed by atoms with E-state index in [-0.39, 0.29) is 6.04 Å². The van der Waals surface area contributed by atoms with Gasteiger partial charge in [-0.2, -0.15) is 0 Å². The van der Waals surface area contributed by atoms with Gasteiger partial charge in [0.25, 0.3) is 0 Å². The molecule has 23 heavy (non-hydrogen) atoms. The molecule has 0 unspecified atom stereocenters. The first-order valence-electron chi connectivity index (χ1n) is 8.51. The van der Waals surface area contributed by atoms with Crippen molar-refractivity contribution in [2.45, 2.75) is 19.9 Å². The number of benzene rings is 1. The molecule has 1 saturated heterocycles. The topological polar surface area (TPSA) is 31.4 Å². The Morgan fingerprint density at radius 2 is 1.91 bits per heavy atom. The summed E-state index contributed by atoms with van der Waals surface area (Å²) >= 11 is 0. The fraction of sp³-hybridized carbons (Fsp3) is 0.421. The second-order valence-electron chi connectivity index (χ2n) is 6.09. The van der Waals surface area contributed by atoms with E-state index >= 15 is 0 Å². The number of aromatic nitrogens is 1. The molecule has 0 radical (unpaired) electrons. The monoisotopic (exact) mass is 310 g/mol. The van der Waals surface area contributed by atoms with Crippen LogP contribution in [-0.2, 0) is 0 Å². The van der Waals surface area contributed by atoms with Crippen molar-refractivity contribution < 1.29 is 0 Å². The minimum atomic E-state index is 0.198. The number of hydrogen-bond donors (Lipinski definition) is 1. The van der Waals surface area contributed by atoms with Gasteiger partial charge in [0, 0.05) is 43.8 Å². The van der Waals surface area contributed by atoms with Gasteiger partial charge in [0.15, 0.2) is 0 Å². The SMILES string of the molecule is CCN1CCN(c2cccc(N[C@@H](C)c3ccccn3)c2)CC1. The van der Waals surface area contributed by atoms with Crippen LogP contribution in [0.1, 0.15) is 25.6 Å². The molecule has 0 saturated carbocycles. The summed E-state index contributed by atoms with van der Waals surface area (Å²) in [5.74, 6) is 0. The summed E-state index contributed by atoms with van der Waals surface area (Å²) in [6.07, 6.45) is 1.84. The van der Waals surface area contributed by atoms with Gasteiger partial charge in [-0.05, 0) is 43.8 Å². The fourth-order valence-corrected chi connectivity index (χ4v) is 3.07. The minimum absolute atomic E-state index is 0.198. The molecule has 3 rings (SSSR count). The summed E-state index contributed by atoms with van der Waals surface area (Å²) in [6, 6.07) is 15.0. The lowest BCUT2D eigenvalue weighted by Gasteiger charge is -2.35. The molecule has 0 bridgehead atoms. The first-order valence-corrected chi connectivity index (χ1v) is 8.51. The molecule has 1 aromatic carbocycles. The van der Waals surface area contributed by atoms with Gasteiger partial charge in [0.1, 0.15) is 0 Å². The highest BCUT2D eigenvalue weighted by Crippen LogP contribution is 2.24. The average molecular weight is 310 g/mol. The maximum absolute atomic E-state index is 4.43. The first-order chi connectivity index (χ1) is 11.3. The van der Waals surface area contributed by atoms with Gasteiger partial charge in [0.05, 0.1) is 11.7 Å². The van der Waals surface area contributed by atoms with Crippen molar-refractivity contribution in [3.05, 3.63) is 54.4 Å². The van der Waals surface area contributed by atoms with E-state index in [2.05, 4.69) is 64.3 Å². The molecule has 122 valence electrons. The highest BCUT2D eigenvalue weighted by Gasteiger charge is 2.16. The van der Waals surface area contributed by atoms with Crippen LogP contribution in [-0.4, -0.2) is 42.6 Å². The summed E-state index contributed by atoms with van der Waals surface area (Å²) in [7, 11) is 0. The van der Waals surface area contributed by atoms with Crippen molar-refractivity contribution in [2.75, 3.05) is 42.9 Å². The third-order valence-electron chi connectivity index (χ3n) is 4.55. The van der Waals surface area contributed by atoms with E-state index in [1.165, 1.54) is 5.69 Å². The number of rotatable bonds is 5. The molecule has 0 spiro atoms. The molecule has 0 amide bonds. The van der Waals surface area contributed by atoms with Crippen LogP contribution in [0.4, 0.5) is 11.4 Å². The summed E-state index contributed by atoms with van der Waals surface area (Å²) in [5, 5.41) is 3.56. The number of piperazine rings is 1. The summed E-state index contributed by atoms with van der Waals surface area (Å²) in [4.78, 5) is 9.40. The highest BCUT2D eigenvalue weighted by atomic mass is 15.3. The average Bonchev–Trinajstić information content (AvgIpc) is 2.63. The minimum Gasteiger partial charge on any atom is -0.377 e. The molecule has 1 aliphatic heterocycles. The Labute approximate surface area is 139 Å². The van der Waals surface area contributed by atoms with Crippen molar-refractivity contribution in [3.8, 4) is 0 Å². The number of anilines is 2. The Bertz CT molecular complexity index is 606. The predicted molar refractivity (Wildman–Crippen MR) is 97.0 cm³/mol. The van der Waals surface area contributed by atoms with Gasteiger partial charge in [0.2, 0.25) is 0 Å². The summed E-state index contributed by atoms with van der Waals surface area (Å²) < 4.78 is 0. The van der Waals surface area contributed by atoms with Crippen molar-refractivity contribution in [1.29, 1.82) is 0 Å². The van der Waals surface area contributed by atoms with Gasteiger partial charge >= 0.3 is 0 Å². The van der Waals surface area contributed by atoms with Crippen LogP contribution in [0.5, 0.6) is 0 Å². The van der Waals surface area contributed by atoms with E-state index in [4.69, 9.17) is 0 Å². The second-order valence-corrected chi connectivity index (χ2v) is 6.09. The normalized spacial score (nSPS) is 17.0. The van der Waals surface area contributed by atoms with Gasteiger partial charge in [-0.3, -0.25) is 4.98 Å². The van der Waals surface area contributed by atoms with E-state index in [1.807, 2.05) is 18.3 Å². The van der Waals surface area contributed by atoms with Crippen LogP contribution in [0.25, 0.3) is 0 Å². The number of nitrogens with zero attached hydrogens (tertiary/aromatic N) is 3. The molecule has 0 aliphatic carbocycles. The van der Waals surface area contributed by atoms with E-state index in [0.717, 1.165) is 44.1 Å². The molecule has 2 heterocycles. The third-order valence-corrected chi connectivity index (χ3v) is 4.55. The van der Waals surface area contributed by atoms with Gasteiger partial charge in [-0.25, -0.2) is 0 Å². The Balaban J connectivity index is 1.66. The Morgan fingerprint density at radius 3 is 2.61 bits per heavy atom. The van der Waals surface area contributed by atoms with Crippen LogP contribution in [0, 0.1) is 0 Å². The van der Waals surface area contributed by atoms with E-state index in [1.54, 1.807) is 0 Å². The molecule has 1 fully saturated rings. The maximum atomic E-state index is 4.43. The van der Waals surface area contributed by atoms with Crippen molar-refractivity contribution in [1.82, 2.24) is 9.88 Å². The Kier molecular flexibility index (Phi) is 5.13. The number of pyridine rings is 1. The van der Waals surface area contributed by atoms with Crippen molar-refractivity contribution in [2.24, 2.45) is 0 Å². The third kappa shape index (κ3) is 4.02. The first kappa shape index (κ1) is 15.8. The maximum Gasteiger partial charge on any atom is 0.0657 e. The molecule has 1 atom stereocenters. The van der Waals surface area contributed by atoms with Crippen molar-refractivity contribution >= 4 is 11.4 Å². The number of likely N-dealkylation sites (N-methyl/N-ethyl adjacent to an activating group) is 1. The lowest BCUT2D eigenvalue weighted by atomic mass is 10.2. The lowest BCUT2D eigenvalue weighted by molar-refractivity contribution is 0.271. The zero-order valence-corrected chi connectivity index (χ0v) is 14.1. The molecule has 4 heteroatoms. The molecule has 1 aromatic heterocycles. The Hall–Kier alpha value is -2.07. The highest BCUT2D eigenvalue weighted by molar-refractivity contribution is 5.59. The molecule has 1 N–H and O–H groups in total. The van der Waals surface area contributed by atoms with Gasteiger partial charge < -0.3 is 15.1 Å². The van der Waals surface area contributed by atoms with Crippen LogP contribution < -0.4 is 10.2 Å². The smallest absolute Gasteiger partial charge is 0.0657 e. The van der Waals surface area contributed by atoms with Gasteiger partial charge in [-0.15, -0.1) is 0 Å². The zero-order valence-electron chi connectivity index (χ0n) is 14.1. The van der Waals surface area contributed by atoms with Crippen molar-refractivity contribution in [3.63, 3.8) is 0 Å². The molecule has 1 aliphatic rings. The molecule has 4 nitrogen and oxygen atoms in total.